The highest BCUT2D eigenvalue weighted by molar-refractivity contribution is 8.00. The zero-order valence-corrected chi connectivity index (χ0v) is 13.5. The Hall–Kier alpha value is -1.65. The van der Waals surface area contributed by atoms with Gasteiger partial charge in [0.15, 0.2) is 0 Å². The lowest BCUT2D eigenvalue weighted by Crippen LogP contribution is -2.22. The van der Waals surface area contributed by atoms with Gasteiger partial charge in [-0.2, -0.15) is 0 Å². The summed E-state index contributed by atoms with van der Waals surface area (Å²) < 4.78 is 0. The number of rotatable bonds is 4. The van der Waals surface area contributed by atoms with E-state index in [0.29, 0.717) is 16.4 Å². The fraction of sp³-hybridized carbons (Fsp3) is 0.188. The minimum atomic E-state index is -0.231. The summed E-state index contributed by atoms with van der Waals surface area (Å²) in [4.78, 5) is 13.3. The number of halogens is 1. The molecule has 3 N–H and O–H groups in total. The van der Waals surface area contributed by atoms with Crippen molar-refractivity contribution in [3.05, 3.63) is 53.1 Å². The number of thioether (sulfide) groups is 1. The summed E-state index contributed by atoms with van der Waals surface area (Å²) in [7, 11) is 0. The summed E-state index contributed by atoms with van der Waals surface area (Å²) in [6.07, 6.45) is 0. The van der Waals surface area contributed by atoms with Gasteiger partial charge in [0.2, 0.25) is 5.91 Å². The van der Waals surface area contributed by atoms with Crippen molar-refractivity contribution in [1.82, 2.24) is 0 Å². The van der Waals surface area contributed by atoms with Crippen molar-refractivity contribution in [1.29, 1.82) is 0 Å². The standard InChI is InChI=1S/C16H17ClN2OS/c1-10-4-3-5-13(8-10)21-11(2)16(20)19-15-9-12(17)6-7-14(15)18/h3-9,11H,18H2,1-2H3,(H,19,20). The molecule has 21 heavy (non-hydrogen) atoms. The van der Waals surface area contributed by atoms with Gasteiger partial charge in [-0.1, -0.05) is 29.3 Å². The van der Waals surface area contributed by atoms with Crippen LogP contribution in [-0.2, 0) is 4.79 Å². The molecule has 1 atom stereocenters. The highest BCUT2D eigenvalue weighted by atomic mass is 35.5. The number of nitrogens with one attached hydrogen (secondary N) is 1. The van der Waals surface area contributed by atoms with E-state index in [4.69, 9.17) is 17.3 Å². The van der Waals surface area contributed by atoms with Crippen molar-refractivity contribution < 1.29 is 4.79 Å². The highest BCUT2D eigenvalue weighted by Gasteiger charge is 2.15. The van der Waals surface area contributed by atoms with Crippen molar-refractivity contribution in [2.24, 2.45) is 0 Å². The molecule has 0 spiro atoms. The van der Waals surface area contributed by atoms with Crippen LogP contribution >= 0.6 is 23.4 Å². The smallest absolute Gasteiger partial charge is 0.237 e. The Morgan fingerprint density at radius 3 is 2.76 bits per heavy atom. The van der Waals surface area contributed by atoms with Crippen LogP contribution < -0.4 is 11.1 Å². The van der Waals surface area contributed by atoms with Crippen LogP contribution in [0.5, 0.6) is 0 Å². The van der Waals surface area contributed by atoms with Crippen LogP contribution in [0.3, 0.4) is 0 Å². The number of amides is 1. The first-order valence-corrected chi connectivity index (χ1v) is 7.80. The largest absolute Gasteiger partial charge is 0.397 e. The topological polar surface area (TPSA) is 55.1 Å². The Kier molecular flexibility index (Phi) is 5.15. The Morgan fingerprint density at radius 2 is 2.05 bits per heavy atom. The lowest BCUT2D eigenvalue weighted by atomic mass is 10.2. The molecule has 0 saturated carbocycles. The van der Waals surface area contributed by atoms with Crippen molar-refractivity contribution in [2.45, 2.75) is 24.0 Å². The van der Waals surface area contributed by atoms with E-state index in [2.05, 4.69) is 11.4 Å². The van der Waals surface area contributed by atoms with E-state index in [1.54, 1.807) is 18.2 Å². The number of hydrogen-bond donors (Lipinski definition) is 2. The number of nitrogens with two attached hydrogens (primary N) is 1. The van der Waals surface area contributed by atoms with Gasteiger partial charge in [0, 0.05) is 9.92 Å². The number of carbonyl (C=O) groups is 1. The third-order valence-corrected chi connectivity index (χ3v) is 4.27. The Labute approximate surface area is 133 Å². The molecule has 0 saturated heterocycles. The van der Waals surface area contributed by atoms with E-state index in [-0.39, 0.29) is 11.2 Å². The number of anilines is 2. The summed E-state index contributed by atoms with van der Waals surface area (Å²) in [6.45, 7) is 3.89. The predicted molar refractivity (Wildman–Crippen MR) is 91.0 cm³/mol. The van der Waals surface area contributed by atoms with Gasteiger partial charge in [0.05, 0.1) is 16.6 Å². The molecule has 0 heterocycles. The van der Waals surface area contributed by atoms with Crippen LogP contribution in [0.2, 0.25) is 5.02 Å². The summed E-state index contributed by atoms with van der Waals surface area (Å²) in [5.41, 5.74) is 8.05. The number of hydrogen-bond acceptors (Lipinski definition) is 3. The third kappa shape index (κ3) is 4.41. The van der Waals surface area contributed by atoms with E-state index < -0.39 is 0 Å². The summed E-state index contributed by atoms with van der Waals surface area (Å²) >= 11 is 7.42. The molecule has 5 heteroatoms. The second kappa shape index (κ2) is 6.87. The molecule has 3 nitrogen and oxygen atoms in total. The average molecular weight is 321 g/mol. The number of benzene rings is 2. The van der Waals surface area contributed by atoms with Gasteiger partial charge < -0.3 is 11.1 Å². The van der Waals surface area contributed by atoms with E-state index in [9.17, 15) is 4.79 Å². The zero-order valence-electron chi connectivity index (χ0n) is 11.9. The second-order valence-electron chi connectivity index (χ2n) is 4.80. The first kappa shape index (κ1) is 15.7. The van der Waals surface area contributed by atoms with E-state index in [1.807, 2.05) is 32.0 Å². The lowest BCUT2D eigenvalue weighted by Gasteiger charge is -2.14. The quantitative estimate of drug-likeness (QED) is 0.650. The van der Waals surface area contributed by atoms with Gasteiger partial charge in [0.25, 0.3) is 0 Å². The van der Waals surface area contributed by atoms with Crippen LogP contribution in [0.4, 0.5) is 11.4 Å². The van der Waals surface area contributed by atoms with Gasteiger partial charge >= 0.3 is 0 Å². The monoisotopic (exact) mass is 320 g/mol. The molecule has 0 aliphatic rings. The molecule has 0 fully saturated rings. The molecule has 2 aromatic carbocycles. The Morgan fingerprint density at radius 1 is 1.29 bits per heavy atom. The van der Waals surface area contributed by atoms with Crippen LogP contribution in [0.25, 0.3) is 0 Å². The maximum absolute atomic E-state index is 12.2. The summed E-state index contributed by atoms with van der Waals surface area (Å²) in [6, 6.07) is 13.1. The minimum Gasteiger partial charge on any atom is -0.397 e. The lowest BCUT2D eigenvalue weighted by molar-refractivity contribution is -0.115. The molecular weight excluding hydrogens is 304 g/mol. The molecule has 1 unspecified atom stereocenters. The maximum Gasteiger partial charge on any atom is 0.237 e. The zero-order chi connectivity index (χ0) is 15.4. The first-order chi connectivity index (χ1) is 9.95. The van der Waals surface area contributed by atoms with Gasteiger partial charge in [-0.15, -0.1) is 11.8 Å². The molecule has 0 bridgehead atoms. The molecule has 0 radical (unpaired) electrons. The van der Waals surface area contributed by atoms with Crippen LogP contribution in [0, 0.1) is 6.92 Å². The molecule has 2 rings (SSSR count). The first-order valence-electron chi connectivity index (χ1n) is 6.55. The van der Waals surface area contributed by atoms with E-state index in [0.717, 1.165) is 4.90 Å². The number of aryl methyl sites for hydroxylation is 1. The molecule has 2 aromatic rings. The predicted octanol–water partition coefficient (Wildman–Crippen LogP) is 4.35. The van der Waals surface area contributed by atoms with Crippen molar-refractivity contribution >= 4 is 40.6 Å². The van der Waals surface area contributed by atoms with Crippen molar-refractivity contribution in [2.75, 3.05) is 11.1 Å². The maximum atomic E-state index is 12.2. The fourth-order valence-electron chi connectivity index (χ4n) is 1.82. The third-order valence-electron chi connectivity index (χ3n) is 2.94. The number of nitrogen functional groups attached to an aromatic ring is 1. The van der Waals surface area contributed by atoms with Crippen LogP contribution in [0.1, 0.15) is 12.5 Å². The second-order valence-corrected chi connectivity index (χ2v) is 6.65. The molecule has 0 aliphatic carbocycles. The van der Waals surface area contributed by atoms with Crippen LogP contribution in [-0.4, -0.2) is 11.2 Å². The van der Waals surface area contributed by atoms with E-state index in [1.165, 1.54) is 17.3 Å². The molecular formula is C16H17ClN2OS. The Balaban J connectivity index is 2.04. The fourth-order valence-corrected chi connectivity index (χ4v) is 2.97. The van der Waals surface area contributed by atoms with Crippen LogP contribution in [0.15, 0.2) is 47.4 Å². The molecule has 0 aromatic heterocycles. The van der Waals surface area contributed by atoms with E-state index >= 15 is 0 Å². The minimum absolute atomic E-state index is 0.101. The van der Waals surface area contributed by atoms with Gasteiger partial charge in [-0.3, -0.25) is 4.79 Å². The summed E-state index contributed by atoms with van der Waals surface area (Å²) in [5.74, 6) is -0.101. The SMILES string of the molecule is Cc1cccc(SC(C)C(=O)Nc2cc(Cl)ccc2N)c1. The normalized spacial score (nSPS) is 12.0. The molecule has 110 valence electrons. The summed E-state index contributed by atoms with van der Waals surface area (Å²) in [5, 5.41) is 3.13. The highest BCUT2D eigenvalue weighted by Crippen LogP contribution is 2.27. The van der Waals surface area contributed by atoms with Gasteiger partial charge in [-0.05, 0) is 44.2 Å². The van der Waals surface area contributed by atoms with Gasteiger partial charge in [-0.25, -0.2) is 0 Å². The molecule has 1 amide bonds. The molecule has 0 aliphatic heterocycles. The average Bonchev–Trinajstić information content (AvgIpc) is 2.43. The van der Waals surface area contributed by atoms with Crippen molar-refractivity contribution in [3.63, 3.8) is 0 Å². The Bertz CT molecular complexity index is 660. The van der Waals surface area contributed by atoms with Gasteiger partial charge in [0.1, 0.15) is 0 Å². The number of carbonyl (C=O) groups excluding carboxylic acids is 1. The van der Waals surface area contributed by atoms with Crippen molar-refractivity contribution in [3.8, 4) is 0 Å².